The summed E-state index contributed by atoms with van der Waals surface area (Å²) < 4.78 is 4.87. The zero-order valence-electron chi connectivity index (χ0n) is 9.54. The molecule has 3 heterocycles. The summed E-state index contributed by atoms with van der Waals surface area (Å²) in [6, 6.07) is 2.23. The van der Waals surface area contributed by atoms with Crippen molar-refractivity contribution in [3.05, 3.63) is 30.2 Å². The van der Waals surface area contributed by atoms with E-state index in [4.69, 9.17) is 4.52 Å². The highest BCUT2D eigenvalue weighted by molar-refractivity contribution is 5.00. The third-order valence-corrected chi connectivity index (χ3v) is 3.22. The van der Waals surface area contributed by atoms with E-state index >= 15 is 0 Å². The van der Waals surface area contributed by atoms with E-state index < -0.39 is 0 Å². The van der Waals surface area contributed by atoms with Gasteiger partial charge < -0.3 is 4.52 Å². The van der Waals surface area contributed by atoms with Crippen molar-refractivity contribution in [2.45, 2.75) is 31.8 Å². The standard InChI is InChI=1S/C11H15N5O/c1-2-5-16(7-9-4-6-17-15-9)10(3-1)11-12-8-13-14-11/h4,6,8,10H,1-3,5,7H2,(H,12,13,14)/t10-/m1/s1. The van der Waals surface area contributed by atoms with Gasteiger partial charge in [0.15, 0.2) is 0 Å². The average Bonchev–Trinajstić information content (AvgIpc) is 3.01. The van der Waals surface area contributed by atoms with Crippen LogP contribution in [0.1, 0.15) is 36.8 Å². The lowest BCUT2D eigenvalue weighted by molar-refractivity contribution is 0.130. The zero-order valence-corrected chi connectivity index (χ0v) is 9.54. The predicted molar refractivity (Wildman–Crippen MR) is 59.9 cm³/mol. The Labute approximate surface area is 99.0 Å². The Morgan fingerprint density at radius 3 is 3.24 bits per heavy atom. The molecule has 6 nitrogen and oxygen atoms in total. The highest BCUT2D eigenvalue weighted by Gasteiger charge is 2.26. The number of hydrogen-bond donors (Lipinski definition) is 1. The van der Waals surface area contributed by atoms with Crippen LogP contribution in [0.25, 0.3) is 0 Å². The molecule has 0 radical (unpaired) electrons. The van der Waals surface area contributed by atoms with Crippen LogP contribution in [-0.2, 0) is 6.54 Å². The minimum Gasteiger partial charge on any atom is -0.364 e. The molecule has 1 atom stereocenters. The quantitative estimate of drug-likeness (QED) is 0.870. The zero-order chi connectivity index (χ0) is 11.5. The van der Waals surface area contributed by atoms with Crippen LogP contribution < -0.4 is 0 Å². The van der Waals surface area contributed by atoms with E-state index in [9.17, 15) is 0 Å². The molecule has 0 saturated carbocycles. The lowest BCUT2D eigenvalue weighted by Gasteiger charge is -2.33. The van der Waals surface area contributed by atoms with Gasteiger partial charge >= 0.3 is 0 Å². The fourth-order valence-corrected chi connectivity index (χ4v) is 2.39. The normalized spacial score (nSPS) is 21.8. The molecular weight excluding hydrogens is 218 g/mol. The second kappa shape index (κ2) is 4.67. The van der Waals surface area contributed by atoms with E-state index in [0.717, 1.165) is 31.0 Å². The Balaban J connectivity index is 1.76. The highest BCUT2D eigenvalue weighted by Crippen LogP contribution is 2.29. The van der Waals surface area contributed by atoms with Crippen LogP contribution in [0.3, 0.4) is 0 Å². The lowest BCUT2D eigenvalue weighted by Crippen LogP contribution is -2.33. The van der Waals surface area contributed by atoms with Gasteiger partial charge in [-0.05, 0) is 19.4 Å². The highest BCUT2D eigenvalue weighted by atomic mass is 16.5. The SMILES string of the molecule is c1n[nH]c([C@H]2CCCCN2Cc2ccon2)n1. The molecule has 3 rings (SSSR count). The average molecular weight is 233 g/mol. The van der Waals surface area contributed by atoms with Crippen molar-refractivity contribution in [3.8, 4) is 0 Å². The number of hydrogen-bond acceptors (Lipinski definition) is 5. The van der Waals surface area contributed by atoms with Crippen molar-refractivity contribution in [1.29, 1.82) is 0 Å². The first-order valence-electron chi connectivity index (χ1n) is 5.92. The first-order valence-corrected chi connectivity index (χ1v) is 5.92. The van der Waals surface area contributed by atoms with Crippen LogP contribution in [0.15, 0.2) is 23.2 Å². The van der Waals surface area contributed by atoms with E-state index in [1.165, 1.54) is 12.8 Å². The smallest absolute Gasteiger partial charge is 0.141 e. The minimum absolute atomic E-state index is 0.322. The second-order valence-electron chi connectivity index (χ2n) is 4.34. The van der Waals surface area contributed by atoms with Crippen LogP contribution in [0.2, 0.25) is 0 Å². The van der Waals surface area contributed by atoms with Crippen LogP contribution >= 0.6 is 0 Å². The van der Waals surface area contributed by atoms with Gasteiger partial charge in [0.25, 0.3) is 0 Å². The van der Waals surface area contributed by atoms with E-state index in [1.807, 2.05) is 6.07 Å². The van der Waals surface area contributed by atoms with Crippen molar-refractivity contribution in [3.63, 3.8) is 0 Å². The van der Waals surface area contributed by atoms with Gasteiger partial charge in [0, 0.05) is 12.6 Å². The molecule has 0 unspecified atom stereocenters. The molecule has 2 aromatic heterocycles. The first kappa shape index (κ1) is 10.5. The molecule has 1 aliphatic rings. The fraction of sp³-hybridized carbons (Fsp3) is 0.545. The summed E-state index contributed by atoms with van der Waals surface area (Å²) in [4.78, 5) is 6.64. The van der Waals surface area contributed by atoms with Crippen molar-refractivity contribution in [2.75, 3.05) is 6.54 Å². The number of piperidine rings is 1. The van der Waals surface area contributed by atoms with Crippen LogP contribution in [0.4, 0.5) is 0 Å². The number of nitrogens with zero attached hydrogens (tertiary/aromatic N) is 4. The number of likely N-dealkylation sites (tertiary alicyclic amines) is 1. The summed E-state index contributed by atoms with van der Waals surface area (Å²) in [6.45, 7) is 1.88. The number of nitrogens with one attached hydrogen (secondary N) is 1. The maximum Gasteiger partial charge on any atom is 0.141 e. The Bertz CT molecular complexity index is 438. The van der Waals surface area contributed by atoms with Crippen LogP contribution in [0, 0.1) is 0 Å². The van der Waals surface area contributed by atoms with E-state index in [1.54, 1.807) is 12.6 Å². The van der Waals surface area contributed by atoms with Crippen molar-refractivity contribution >= 4 is 0 Å². The number of aromatic amines is 1. The molecule has 0 aromatic carbocycles. The molecule has 1 fully saturated rings. The van der Waals surface area contributed by atoms with E-state index in [-0.39, 0.29) is 0 Å². The molecule has 1 aliphatic heterocycles. The molecule has 90 valence electrons. The molecule has 0 amide bonds. The van der Waals surface area contributed by atoms with Gasteiger partial charge in [-0.2, -0.15) is 5.10 Å². The third kappa shape index (κ3) is 2.21. The van der Waals surface area contributed by atoms with Crippen molar-refractivity contribution in [1.82, 2.24) is 25.2 Å². The van der Waals surface area contributed by atoms with Gasteiger partial charge in [-0.15, -0.1) is 0 Å². The Morgan fingerprint density at radius 2 is 2.47 bits per heavy atom. The largest absolute Gasteiger partial charge is 0.364 e. The van der Waals surface area contributed by atoms with Crippen molar-refractivity contribution < 1.29 is 4.52 Å². The molecule has 6 heteroatoms. The lowest BCUT2D eigenvalue weighted by atomic mass is 10.0. The molecule has 0 spiro atoms. The number of H-pyrrole nitrogens is 1. The molecule has 1 saturated heterocycles. The van der Waals surface area contributed by atoms with Gasteiger partial charge in [-0.3, -0.25) is 10.00 Å². The summed E-state index contributed by atoms with van der Waals surface area (Å²) in [7, 11) is 0. The van der Waals surface area contributed by atoms with E-state index in [0.29, 0.717) is 6.04 Å². The van der Waals surface area contributed by atoms with Gasteiger partial charge in [-0.1, -0.05) is 11.6 Å². The number of rotatable bonds is 3. The Kier molecular flexibility index (Phi) is 2.87. The predicted octanol–water partition coefficient (Wildman–Crippen LogP) is 1.52. The molecule has 1 N–H and O–H groups in total. The van der Waals surface area contributed by atoms with Crippen LogP contribution in [0.5, 0.6) is 0 Å². The van der Waals surface area contributed by atoms with Gasteiger partial charge in [0.2, 0.25) is 0 Å². The molecular formula is C11H15N5O. The van der Waals surface area contributed by atoms with E-state index in [2.05, 4.69) is 25.2 Å². The molecule has 0 bridgehead atoms. The molecule has 0 aliphatic carbocycles. The summed E-state index contributed by atoms with van der Waals surface area (Å²) in [5.41, 5.74) is 0.969. The Morgan fingerprint density at radius 1 is 1.47 bits per heavy atom. The fourth-order valence-electron chi connectivity index (χ4n) is 2.39. The van der Waals surface area contributed by atoms with Gasteiger partial charge in [0.05, 0.1) is 11.7 Å². The summed E-state index contributed by atoms with van der Waals surface area (Å²) in [5, 5.41) is 10.9. The van der Waals surface area contributed by atoms with Gasteiger partial charge in [0.1, 0.15) is 18.4 Å². The topological polar surface area (TPSA) is 70.8 Å². The summed E-state index contributed by atoms with van der Waals surface area (Å²) >= 11 is 0. The summed E-state index contributed by atoms with van der Waals surface area (Å²) in [5.74, 6) is 0.952. The first-order chi connectivity index (χ1) is 8.43. The van der Waals surface area contributed by atoms with Crippen molar-refractivity contribution in [2.24, 2.45) is 0 Å². The molecule has 17 heavy (non-hydrogen) atoms. The van der Waals surface area contributed by atoms with Gasteiger partial charge in [-0.25, -0.2) is 4.98 Å². The second-order valence-corrected chi connectivity index (χ2v) is 4.34. The maximum atomic E-state index is 4.87. The molecule has 2 aromatic rings. The summed E-state index contributed by atoms with van der Waals surface area (Å²) in [6.07, 6.45) is 6.76. The van der Waals surface area contributed by atoms with Crippen LogP contribution in [-0.4, -0.2) is 31.8 Å². The third-order valence-electron chi connectivity index (χ3n) is 3.22. The number of aromatic nitrogens is 4. The maximum absolute atomic E-state index is 4.87. The minimum atomic E-state index is 0.322. The monoisotopic (exact) mass is 233 g/mol. The Hall–Kier alpha value is -1.69.